The van der Waals surface area contributed by atoms with Crippen LogP contribution in [0.25, 0.3) is 0 Å². The maximum Gasteiger partial charge on any atom is 0.142 e. The van der Waals surface area contributed by atoms with E-state index in [0.717, 1.165) is 31.3 Å². The molecule has 0 fully saturated rings. The fourth-order valence-corrected chi connectivity index (χ4v) is 2.29. The fraction of sp³-hybridized carbons (Fsp3) is 0.667. The highest BCUT2D eigenvalue weighted by Crippen LogP contribution is 2.28. The molecule has 0 aromatic heterocycles. The van der Waals surface area contributed by atoms with Crippen molar-refractivity contribution in [2.24, 2.45) is 5.92 Å². The molecular weight excluding hydrogens is 260 g/mol. The maximum atomic E-state index is 5.56. The third kappa shape index (κ3) is 6.38. The Bertz CT molecular complexity index is 404. The molecule has 0 saturated carbocycles. The van der Waals surface area contributed by atoms with Crippen LogP contribution in [-0.2, 0) is 6.54 Å². The zero-order valence-electron chi connectivity index (χ0n) is 14.4. The summed E-state index contributed by atoms with van der Waals surface area (Å²) in [6, 6.07) is 6.52. The van der Waals surface area contributed by atoms with Gasteiger partial charge in [0.25, 0.3) is 0 Å². The first-order valence-corrected chi connectivity index (χ1v) is 8.17. The van der Waals surface area contributed by atoms with Crippen molar-refractivity contribution in [1.82, 2.24) is 5.32 Å². The van der Waals surface area contributed by atoms with Gasteiger partial charge in [0.1, 0.15) is 5.75 Å². The van der Waals surface area contributed by atoms with E-state index >= 15 is 0 Å². The van der Waals surface area contributed by atoms with Crippen LogP contribution in [0.2, 0.25) is 0 Å². The fourth-order valence-electron chi connectivity index (χ4n) is 2.29. The van der Waals surface area contributed by atoms with Crippen molar-refractivity contribution in [3.63, 3.8) is 0 Å². The van der Waals surface area contributed by atoms with Gasteiger partial charge in [-0.25, -0.2) is 0 Å². The Hall–Kier alpha value is -1.22. The lowest BCUT2D eigenvalue weighted by Gasteiger charge is -2.22. The second-order valence-corrected chi connectivity index (χ2v) is 6.14. The molecule has 1 aromatic rings. The van der Waals surface area contributed by atoms with Crippen LogP contribution < -0.4 is 15.0 Å². The summed E-state index contributed by atoms with van der Waals surface area (Å²) in [4.78, 5) is 2.28. The molecule has 1 rings (SSSR count). The molecule has 1 aromatic carbocycles. The first kappa shape index (κ1) is 17.8. The molecule has 0 aliphatic rings. The third-order valence-electron chi connectivity index (χ3n) is 3.73. The van der Waals surface area contributed by atoms with Crippen LogP contribution >= 0.6 is 0 Å². The second kappa shape index (κ2) is 9.67. The van der Waals surface area contributed by atoms with Crippen molar-refractivity contribution >= 4 is 5.69 Å². The minimum atomic E-state index is 0.752. The highest BCUT2D eigenvalue weighted by Gasteiger charge is 2.08. The molecule has 0 unspecified atom stereocenters. The van der Waals surface area contributed by atoms with Gasteiger partial charge in [0.15, 0.2) is 0 Å². The number of ether oxygens (including phenoxy) is 1. The van der Waals surface area contributed by atoms with Gasteiger partial charge in [-0.3, -0.25) is 0 Å². The van der Waals surface area contributed by atoms with E-state index in [9.17, 15) is 0 Å². The first-order chi connectivity index (χ1) is 10.1. The van der Waals surface area contributed by atoms with E-state index in [0.29, 0.717) is 0 Å². The quantitative estimate of drug-likeness (QED) is 0.658. The summed E-state index contributed by atoms with van der Waals surface area (Å²) in [6.45, 7) is 9.77. The number of nitrogens with zero attached hydrogens (tertiary/aromatic N) is 1. The van der Waals surface area contributed by atoms with Gasteiger partial charge in [-0.1, -0.05) is 33.3 Å². The maximum absolute atomic E-state index is 5.56. The highest BCUT2D eigenvalue weighted by atomic mass is 16.5. The van der Waals surface area contributed by atoms with Gasteiger partial charge in [0.2, 0.25) is 0 Å². The van der Waals surface area contributed by atoms with E-state index in [1.54, 1.807) is 7.11 Å². The predicted molar refractivity (Wildman–Crippen MR) is 92.3 cm³/mol. The molecule has 0 aliphatic carbocycles. The van der Waals surface area contributed by atoms with Crippen LogP contribution in [0.5, 0.6) is 5.75 Å². The molecule has 120 valence electrons. The standard InChI is InChI=1S/C18H32N2O/c1-6-7-12-20(4)17-9-8-16(13-18(17)21-5)14-19-11-10-15(2)3/h8-9,13,15,19H,6-7,10-12,14H2,1-5H3. The van der Waals surface area contributed by atoms with Crippen molar-refractivity contribution in [3.05, 3.63) is 23.8 Å². The van der Waals surface area contributed by atoms with Gasteiger partial charge in [-0.05, 0) is 43.0 Å². The van der Waals surface area contributed by atoms with E-state index in [1.807, 2.05) is 0 Å². The third-order valence-corrected chi connectivity index (χ3v) is 3.73. The molecule has 3 nitrogen and oxygen atoms in total. The number of benzene rings is 1. The van der Waals surface area contributed by atoms with E-state index < -0.39 is 0 Å². The molecule has 0 amide bonds. The van der Waals surface area contributed by atoms with Crippen LogP contribution in [-0.4, -0.2) is 27.2 Å². The summed E-state index contributed by atoms with van der Waals surface area (Å²) in [6.07, 6.45) is 3.64. The van der Waals surface area contributed by atoms with Crippen molar-refractivity contribution in [3.8, 4) is 5.75 Å². The molecule has 0 spiro atoms. The van der Waals surface area contributed by atoms with E-state index in [-0.39, 0.29) is 0 Å². The normalized spacial score (nSPS) is 11.0. The first-order valence-electron chi connectivity index (χ1n) is 8.17. The minimum absolute atomic E-state index is 0.752. The second-order valence-electron chi connectivity index (χ2n) is 6.14. The lowest BCUT2D eigenvalue weighted by atomic mass is 10.1. The number of hydrogen-bond donors (Lipinski definition) is 1. The lowest BCUT2D eigenvalue weighted by Crippen LogP contribution is -2.20. The Balaban J connectivity index is 2.61. The summed E-state index contributed by atoms with van der Waals surface area (Å²) in [5, 5.41) is 3.50. The Labute approximate surface area is 130 Å². The summed E-state index contributed by atoms with van der Waals surface area (Å²) < 4.78 is 5.56. The van der Waals surface area contributed by atoms with Crippen LogP contribution in [0.4, 0.5) is 5.69 Å². The molecule has 1 N–H and O–H groups in total. The monoisotopic (exact) mass is 292 g/mol. The minimum Gasteiger partial charge on any atom is -0.495 e. The molecule has 21 heavy (non-hydrogen) atoms. The number of hydrogen-bond acceptors (Lipinski definition) is 3. The number of methoxy groups -OCH3 is 1. The van der Waals surface area contributed by atoms with Crippen molar-refractivity contribution in [2.45, 2.75) is 46.6 Å². The molecule has 0 aliphatic heterocycles. The van der Waals surface area contributed by atoms with Gasteiger partial charge in [0.05, 0.1) is 12.8 Å². The van der Waals surface area contributed by atoms with E-state index in [2.05, 4.69) is 56.2 Å². The van der Waals surface area contributed by atoms with Gasteiger partial charge >= 0.3 is 0 Å². The zero-order valence-corrected chi connectivity index (χ0v) is 14.4. The largest absolute Gasteiger partial charge is 0.495 e. The summed E-state index contributed by atoms with van der Waals surface area (Å²) in [7, 11) is 3.89. The molecule has 0 radical (unpaired) electrons. The van der Waals surface area contributed by atoms with Gasteiger partial charge < -0.3 is 15.0 Å². The topological polar surface area (TPSA) is 24.5 Å². The Morgan fingerprint density at radius 2 is 2.05 bits per heavy atom. The predicted octanol–water partition coefficient (Wildman–Crippen LogP) is 4.07. The summed E-state index contributed by atoms with van der Waals surface area (Å²) >= 11 is 0. The Morgan fingerprint density at radius 1 is 1.29 bits per heavy atom. The SMILES string of the molecule is CCCCN(C)c1ccc(CNCCC(C)C)cc1OC. The molecule has 0 atom stereocenters. The smallest absolute Gasteiger partial charge is 0.142 e. The molecule has 0 bridgehead atoms. The van der Waals surface area contributed by atoms with Crippen molar-refractivity contribution in [1.29, 1.82) is 0 Å². The lowest BCUT2D eigenvalue weighted by molar-refractivity contribution is 0.414. The van der Waals surface area contributed by atoms with E-state index in [1.165, 1.54) is 30.5 Å². The highest BCUT2D eigenvalue weighted by molar-refractivity contribution is 5.59. The van der Waals surface area contributed by atoms with Gasteiger partial charge in [-0.2, -0.15) is 0 Å². The number of unbranched alkanes of at least 4 members (excludes halogenated alkanes) is 1. The molecule has 3 heteroatoms. The Kier molecular flexibility index (Phi) is 8.21. The summed E-state index contributed by atoms with van der Waals surface area (Å²) in [5.74, 6) is 1.72. The Morgan fingerprint density at radius 3 is 2.67 bits per heavy atom. The molecule has 0 saturated heterocycles. The van der Waals surface area contributed by atoms with Crippen molar-refractivity contribution in [2.75, 3.05) is 32.1 Å². The van der Waals surface area contributed by atoms with Crippen LogP contribution in [0.1, 0.15) is 45.6 Å². The zero-order chi connectivity index (χ0) is 15.7. The number of rotatable bonds is 10. The van der Waals surface area contributed by atoms with Crippen molar-refractivity contribution < 1.29 is 4.74 Å². The van der Waals surface area contributed by atoms with E-state index in [4.69, 9.17) is 4.74 Å². The van der Waals surface area contributed by atoms with Crippen LogP contribution in [0.3, 0.4) is 0 Å². The molecular formula is C18H32N2O. The number of anilines is 1. The van der Waals surface area contributed by atoms with Crippen LogP contribution in [0, 0.1) is 5.92 Å². The average molecular weight is 292 g/mol. The average Bonchev–Trinajstić information content (AvgIpc) is 2.48. The number of nitrogens with one attached hydrogen (secondary N) is 1. The van der Waals surface area contributed by atoms with Gasteiger partial charge in [0, 0.05) is 20.1 Å². The summed E-state index contributed by atoms with van der Waals surface area (Å²) in [5.41, 5.74) is 2.46. The molecule has 0 heterocycles. The van der Waals surface area contributed by atoms with Gasteiger partial charge in [-0.15, -0.1) is 0 Å². The van der Waals surface area contributed by atoms with Crippen LogP contribution in [0.15, 0.2) is 18.2 Å².